The van der Waals surface area contributed by atoms with Gasteiger partial charge in [-0.3, -0.25) is 4.79 Å². The van der Waals surface area contributed by atoms with Crippen molar-refractivity contribution >= 4 is 44.3 Å². The van der Waals surface area contributed by atoms with E-state index in [0.717, 1.165) is 5.57 Å². The second kappa shape index (κ2) is 11.4. The molecule has 40 heavy (non-hydrogen) atoms. The maximum absolute atomic E-state index is 13.5. The third-order valence-corrected chi connectivity index (χ3v) is 8.80. The lowest BCUT2D eigenvalue weighted by Crippen LogP contribution is -2.47. The number of benzene rings is 1. The molecule has 1 saturated carbocycles. The third-order valence-electron chi connectivity index (χ3n) is 7.12. The number of fused-ring (bicyclic) bond motifs is 1. The summed E-state index contributed by atoms with van der Waals surface area (Å²) >= 11 is 0. The Hall–Kier alpha value is -3.66. The average molecular weight is 567 g/mol. The Morgan fingerprint density at radius 3 is 2.35 bits per heavy atom. The van der Waals surface area contributed by atoms with Gasteiger partial charge in [0, 0.05) is 42.4 Å². The number of alkyl carbamates (subject to hydrolysis) is 1. The van der Waals surface area contributed by atoms with Crippen LogP contribution in [0.2, 0.25) is 0 Å². The summed E-state index contributed by atoms with van der Waals surface area (Å²) in [6.45, 7) is 13.2. The molecular weight excluding hydrogens is 528 g/mol. The lowest BCUT2D eigenvalue weighted by atomic mass is 9.89. The van der Waals surface area contributed by atoms with Crippen molar-refractivity contribution in [3.8, 4) is 0 Å². The minimum Gasteiger partial charge on any atom is -0.444 e. The minimum atomic E-state index is -3.90. The van der Waals surface area contributed by atoms with Gasteiger partial charge in [-0.05, 0) is 76.6 Å². The second-order valence-corrected chi connectivity index (χ2v) is 13.0. The predicted octanol–water partition coefficient (Wildman–Crippen LogP) is 5.89. The monoisotopic (exact) mass is 566 g/mol. The summed E-state index contributed by atoms with van der Waals surface area (Å²) in [6.07, 6.45) is 5.97. The Morgan fingerprint density at radius 2 is 1.77 bits per heavy atom. The molecule has 1 aromatic carbocycles. The van der Waals surface area contributed by atoms with Crippen LogP contribution in [-0.2, 0) is 19.6 Å². The van der Waals surface area contributed by atoms with Crippen LogP contribution in [0, 0.1) is 0 Å². The first-order valence-electron chi connectivity index (χ1n) is 13.6. The van der Waals surface area contributed by atoms with Crippen LogP contribution in [0.15, 0.2) is 60.3 Å². The van der Waals surface area contributed by atoms with Crippen LogP contribution in [-0.4, -0.2) is 47.1 Å². The fourth-order valence-electron chi connectivity index (χ4n) is 5.21. The molecule has 0 spiro atoms. The number of rotatable bonds is 7. The number of nitrogens with one attached hydrogen (secondary N) is 1. The normalized spacial score (nSPS) is 17.8. The zero-order valence-electron chi connectivity index (χ0n) is 23.8. The van der Waals surface area contributed by atoms with Gasteiger partial charge >= 0.3 is 6.09 Å². The summed E-state index contributed by atoms with van der Waals surface area (Å²) in [4.78, 5) is 32.0. The fourth-order valence-corrected chi connectivity index (χ4v) is 6.53. The molecular formula is C30H38N4O5S. The lowest BCUT2D eigenvalue weighted by Gasteiger charge is -2.38. The number of anilines is 1. The lowest BCUT2D eigenvalue weighted by molar-refractivity contribution is -0.117. The first kappa shape index (κ1) is 29.3. The molecule has 2 heterocycles. The highest BCUT2D eigenvalue weighted by Gasteiger charge is 2.33. The van der Waals surface area contributed by atoms with Crippen molar-refractivity contribution in [1.82, 2.24) is 14.3 Å². The van der Waals surface area contributed by atoms with Gasteiger partial charge in [-0.15, -0.1) is 0 Å². The van der Waals surface area contributed by atoms with E-state index in [9.17, 15) is 18.0 Å². The Balaban J connectivity index is 1.71. The second-order valence-electron chi connectivity index (χ2n) is 11.2. The van der Waals surface area contributed by atoms with Crippen molar-refractivity contribution in [3.05, 3.63) is 60.9 Å². The molecule has 9 nitrogen and oxygen atoms in total. The van der Waals surface area contributed by atoms with Gasteiger partial charge in [-0.2, -0.15) is 0 Å². The van der Waals surface area contributed by atoms with Gasteiger partial charge in [0.05, 0.1) is 10.6 Å². The fraction of sp³-hybridized carbons (Fsp3) is 0.433. The first-order valence-corrected chi connectivity index (χ1v) is 15.1. The quantitative estimate of drug-likeness (QED) is 0.382. The van der Waals surface area contributed by atoms with Gasteiger partial charge in [-0.1, -0.05) is 31.7 Å². The van der Waals surface area contributed by atoms with Crippen molar-refractivity contribution in [2.75, 3.05) is 4.90 Å². The van der Waals surface area contributed by atoms with E-state index in [1.54, 1.807) is 47.5 Å². The number of nitrogens with zero attached hydrogens (tertiary/aromatic N) is 3. The van der Waals surface area contributed by atoms with Crippen LogP contribution in [0.25, 0.3) is 16.6 Å². The van der Waals surface area contributed by atoms with Crippen LogP contribution < -0.4 is 10.2 Å². The van der Waals surface area contributed by atoms with Crippen molar-refractivity contribution in [3.63, 3.8) is 0 Å². The number of carbonyl (C=O) groups is 2. The molecule has 214 valence electrons. The maximum atomic E-state index is 13.5. The first-order chi connectivity index (χ1) is 18.8. The van der Waals surface area contributed by atoms with Crippen LogP contribution in [0.4, 0.5) is 10.5 Å². The number of pyridine rings is 1. The Morgan fingerprint density at radius 1 is 1.12 bits per heavy atom. The van der Waals surface area contributed by atoms with Gasteiger partial charge in [0.2, 0.25) is 5.91 Å². The Kier molecular flexibility index (Phi) is 8.39. The van der Waals surface area contributed by atoms with E-state index in [1.165, 1.54) is 17.1 Å². The molecule has 2 aromatic heterocycles. The number of ether oxygens (including phenoxy) is 1. The summed E-state index contributed by atoms with van der Waals surface area (Å²) in [5, 5.41) is 3.51. The molecule has 0 radical (unpaired) electrons. The minimum absolute atomic E-state index is 0.0560. The molecule has 0 saturated heterocycles. The van der Waals surface area contributed by atoms with Crippen molar-refractivity contribution in [2.24, 2.45) is 0 Å². The van der Waals surface area contributed by atoms with Gasteiger partial charge < -0.3 is 15.0 Å². The molecule has 1 N–H and O–H groups in total. The Labute approximate surface area is 236 Å². The molecule has 10 heteroatoms. The molecule has 1 aliphatic carbocycles. The summed E-state index contributed by atoms with van der Waals surface area (Å²) in [7, 11) is -3.90. The molecule has 3 aromatic rings. The zero-order chi connectivity index (χ0) is 29.2. The SMILES string of the molecule is C=C(CC)c1cnc2c(ccn2S(=O)(=O)c2ccccc2)c1N(C(C)=O)C1CCC(NC(=O)OC(C)(C)C)CC1. The number of allylic oxidation sites excluding steroid dienone is 1. The molecule has 1 aliphatic rings. The highest BCUT2D eigenvalue weighted by Crippen LogP contribution is 2.39. The summed E-state index contributed by atoms with van der Waals surface area (Å²) in [6, 6.07) is 9.70. The van der Waals surface area contributed by atoms with E-state index in [-0.39, 0.29) is 28.5 Å². The van der Waals surface area contributed by atoms with Crippen LogP contribution in [0.5, 0.6) is 0 Å². The third kappa shape index (κ3) is 6.06. The van der Waals surface area contributed by atoms with Gasteiger partial charge in [0.15, 0.2) is 5.65 Å². The van der Waals surface area contributed by atoms with E-state index in [0.29, 0.717) is 48.7 Å². The van der Waals surface area contributed by atoms with E-state index in [2.05, 4.69) is 16.9 Å². The van der Waals surface area contributed by atoms with E-state index < -0.39 is 21.7 Å². The number of hydrogen-bond acceptors (Lipinski definition) is 6. The van der Waals surface area contributed by atoms with Crippen LogP contribution in [0.3, 0.4) is 0 Å². The largest absolute Gasteiger partial charge is 0.444 e. The summed E-state index contributed by atoms with van der Waals surface area (Å²) < 4.78 is 33.6. The van der Waals surface area contributed by atoms with Gasteiger partial charge in [0.25, 0.3) is 10.0 Å². The van der Waals surface area contributed by atoms with E-state index in [4.69, 9.17) is 4.74 Å². The molecule has 0 atom stereocenters. The average Bonchev–Trinajstić information content (AvgIpc) is 3.34. The van der Waals surface area contributed by atoms with Crippen LogP contribution in [0.1, 0.15) is 72.3 Å². The standard InChI is InChI=1S/C30H38N4O5S/c1-7-20(2)26-19-31-28-25(17-18-33(28)40(37,38)24-11-9-8-10-12-24)27(26)34(21(3)35)23-15-13-22(14-16-23)32-29(36)39-30(4,5)6/h8-12,17-19,22-23H,2,7,13-16H2,1,3-6H3,(H,32,36). The van der Waals surface area contributed by atoms with Crippen molar-refractivity contribution in [2.45, 2.75) is 89.3 Å². The van der Waals surface area contributed by atoms with Crippen LogP contribution >= 0.6 is 0 Å². The molecule has 0 bridgehead atoms. The highest BCUT2D eigenvalue weighted by atomic mass is 32.2. The topological polar surface area (TPSA) is 111 Å². The number of hydrogen-bond donors (Lipinski definition) is 1. The summed E-state index contributed by atoms with van der Waals surface area (Å²) in [5.74, 6) is -0.153. The number of aromatic nitrogens is 2. The van der Waals surface area contributed by atoms with Crippen molar-refractivity contribution < 1.29 is 22.7 Å². The maximum Gasteiger partial charge on any atom is 0.407 e. The molecule has 2 amide bonds. The van der Waals surface area contributed by atoms with Gasteiger partial charge in [0.1, 0.15) is 5.60 Å². The van der Waals surface area contributed by atoms with Gasteiger partial charge in [-0.25, -0.2) is 22.2 Å². The molecule has 0 aliphatic heterocycles. The predicted molar refractivity (Wildman–Crippen MR) is 157 cm³/mol. The zero-order valence-corrected chi connectivity index (χ0v) is 24.6. The highest BCUT2D eigenvalue weighted by molar-refractivity contribution is 7.90. The number of carbonyl (C=O) groups excluding carboxylic acids is 2. The Bertz CT molecular complexity index is 1510. The number of amides is 2. The summed E-state index contributed by atoms with van der Waals surface area (Å²) in [5.41, 5.74) is 1.80. The molecule has 0 unspecified atom stereocenters. The molecule has 1 fully saturated rings. The van der Waals surface area contributed by atoms with E-state index in [1.807, 2.05) is 27.7 Å². The van der Waals surface area contributed by atoms with Crippen molar-refractivity contribution in [1.29, 1.82) is 0 Å². The smallest absolute Gasteiger partial charge is 0.407 e. The molecule has 4 rings (SSSR count). The van der Waals surface area contributed by atoms with E-state index >= 15 is 0 Å².